The van der Waals surface area contributed by atoms with Crippen molar-refractivity contribution in [2.45, 2.75) is 15.1 Å². The molecule has 1 unspecified atom stereocenters. The lowest BCUT2D eigenvalue weighted by atomic mass is 10.2. The van der Waals surface area contributed by atoms with Crippen molar-refractivity contribution in [1.29, 1.82) is 0 Å². The second-order valence-corrected chi connectivity index (χ2v) is 6.51. The van der Waals surface area contributed by atoms with Gasteiger partial charge in [0.15, 0.2) is 8.68 Å². The van der Waals surface area contributed by atoms with Gasteiger partial charge in [-0.05, 0) is 31.7 Å². The molecule has 1 aliphatic rings. The molecule has 1 aromatic rings. The van der Waals surface area contributed by atoms with Gasteiger partial charge in [-0.3, -0.25) is 0 Å². The molecule has 1 atom stereocenters. The van der Waals surface area contributed by atoms with Crippen LogP contribution in [-0.2, 0) is 0 Å². The highest BCUT2D eigenvalue weighted by molar-refractivity contribution is 8.02. The Morgan fingerprint density at radius 2 is 2.36 bits per heavy atom. The molecule has 0 amide bonds. The highest BCUT2D eigenvalue weighted by Gasteiger charge is 2.15. The number of thioether (sulfide) groups is 2. The monoisotopic (exact) mass is 247 g/mol. The summed E-state index contributed by atoms with van der Waals surface area (Å²) in [6.45, 7) is 2.35. The summed E-state index contributed by atoms with van der Waals surface area (Å²) in [6.07, 6.45) is 3.34. The normalized spacial score (nSPS) is 21.6. The van der Waals surface area contributed by atoms with Gasteiger partial charge in [-0.2, -0.15) is 0 Å². The van der Waals surface area contributed by atoms with E-state index in [9.17, 15) is 0 Å². The standard InChI is InChI=1S/C8H13N3S3/c1-12-7-10-11-8(14-7)13-5-6-2-3-9-4-6/h6,9H,2-5H2,1H3. The number of aromatic nitrogens is 2. The van der Waals surface area contributed by atoms with Crippen molar-refractivity contribution in [2.75, 3.05) is 25.1 Å². The zero-order valence-corrected chi connectivity index (χ0v) is 10.5. The number of hydrogen-bond donors (Lipinski definition) is 1. The summed E-state index contributed by atoms with van der Waals surface area (Å²) in [5.74, 6) is 2.00. The van der Waals surface area contributed by atoms with Crippen LogP contribution in [0.25, 0.3) is 0 Å². The van der Waals surface area contributed by atoms with Gasteiger partial charge in [0.2, 0.25) is 0 Å². The Morgan fingerprint density at radius 3 is 3.00 bits per heavy atom. The van der Waals surface area contributed by atoms with Gasteiger partial charge in [-0.1, -0.05) is 34.9 Å². The van der Waals surface area contributed by atoms with Gasteiger partial charge in [0.1, 0.15) is 0 Å². The van der Waals surface area contributed by atoms with Gasteiger partial charge in [0.25, 0.3) is 0 Å². The van der Waals surface area contributed by atoms with Crippen molar-refractivity contribution < 1.29 is 0 Å². The summed E-state index contributed by atoms with van der Waals surface area (Å²) in [5, 5.41) is 11.6. The average molecular weight is 247 g/mol. The predicted molar refractivity (Wildman–Crippen MR) is 63.4 cm³/mol. The van der Waals surface area contributed by atoms with E-state index in [2.05, 4.69) is 15.5 Å². The van der Waals surface area contributed by atoms with Gasteiger partial charge in [-0.25, -0.2) is 0 Å². The number of rotatable bonds is 4. The van der Waals surface area contributed by atoms with Crippen molar-refractivity contribution in [3.8, 4) is 0 Å². The quantitative estimate of drug-likeness (QED) is 0.823. The van der Waals surface area contributed by atoms with Gasteiger partial charge in [-0.15, -0.1) is 10.2 Å². The molecule has 1 saturated heterocycles. The molecule has 0 radical (unpaired) electrons. The largest absolute Gasteiger partial charge is 0.316 e. The molecular weight excluding hydrogens is 234 g/mol. The van der Waals surface area contributed by atoms with Crippen molar-refractivity contribution in [3.05, 3.63) is 0 Å². The maximum absolute atomic E-state index is 4.14. The van der Waals surface area contributed by atoms with Gasteiger partial charge < -0.3 is 5.32 Å². The molecule has 14 heavy (non-hydrogen) atoms. The van der Waals surface area contributed by atoms with E-state index in [1.807, 2.05) is 18.0 Å². The summed E-state index contributed by atoms with van der Waals surface area (Å²) in [6, 6.07) is 0. The van der Waals surface area contributed by atoms with E-state index in [4.69, 9.17) is 0 Å². The maximum Gasteiger partial charge on any atom is 0.175 e. The second kappa shape index (κ2) is 5.34. The third-order valence-corrected chi connectivity index (χ3v) is 5.43. The Kier molecular flexibility index (Phi) is 4.10. The van der Waals surface area contributed by atoms with Crippen LogP contribution in [0.15, 0.2) is 8.68 Å². The fourth-order valence-electron chi connectivity index (χ4n) is 1.38. The van der Waals surface area contributed by atoms with E-state index in [1.54, 1.807) is 23.1 Å². The van der Waals surface area contributed by atoms with Crippen LogP contribution < -0.4 is 5.32 Å². The van der Waals surface area contributed by atoms with Gasteiger partial charge in [0, 0.05) is 5.75 Å². The Balaban J connectivity index is 1.79. The first-order valence-electron chi connectivity index (χ1n) is 4.59. The minimum absolute atomic E-state index is 0.821. The molecule has 0 aliphatic carbocycles. The minimum Gasteiger partial charge on any atom is -0.316 e. The summed E-state index contributed by atoms with van der Waals surface area (Å²) in [4.78, 5) is 0. The van der Waals surface area contributed by atoms with Crippen LogP contribution in [0.4, 0.5) is 0 Å². The number of nitrogens with one attached hydrogen (secondary N) is 1. The van der Waals surface area contributed by atoms with Crippen molar-refractivity contribution in [2.24, 2.45) is 5.92 Å². The van der Waals surface area contributed by atoms with Crippen LogP contribution in [0.2, 0.25) is 0 Å². The Hall–Kier alpha value is 0.220. The van der Waals surface area contributed by atoms with E-state index in [-0.39, 0.29) is 0 Å². The van der Waals surface area contributed by atoms with Crippen LogP contribution in [-0.4, -0.2) is 35.3 Å². The first kappa shape index (κ1) is 10.7. The molecule has 2 heterocycles. The smallest absolute Gasteiger partial charge is 0.175 e. The van der Waals surface area contributed by atoms with Crippen LogP contribution in [0, 0.1) is 5.92 Å². The van der Waals surface area contributed by atoms with Crippen LogP contribution in [0.3, 0.4) is 0 Å². The molecule has 0 spiro atoms. The highest BCUT2D eigenvalue weighted by atomic mass is 32.2. The molecule has 1 fully saturated rings. The Labute approximate surface area is 96.5 Å². The van der Waals surface area contributed by atoms with E-state index >= 15 is 0 Å². The minimum atomic E-state index is 0.821. The van der Waals surface area contributed by atoms with E-state index in [0.717, 1.165) is 14.6 Å². The number of nitrogens with zero attached hydrogens (tertiary/aromatic N) is 2. The van der Waals surface area contributed by atoms with Gasteiger partial charge >= 0.3 is 0 Å². The zero-order chi connectivity index (χ0) is 9.80. The maximum atomic E-state index is 4.14. The molecule has 1 aliphatic heterocycles. The Morgan fingerprint density at radius 1 is 1.50 bits per heavy atom. The third-order valence-electron chi connectivity index (χ3n) is 2.17. The van der Waals surface area contributed by atoms with Gasteiger partial charge in [0.05, 0.1) is 0 Å². The van der Waals surface area contributed by atoms with Crippen LogP contribution in [0.1, 0.15) is 6.42 Å². The van der Waals surface area contributed by atoms with Crippen molar-refractivity contribution in [3.63, 3.8) is 0 Å². The summed E-state index contributed by atoms with van der Waals surface area (Å²) < 4.78 is 2.18. The van der Waals surface area contributed by atoms with E-state index in [1.165, 1.54) is 25.3 Å². The SMILES string of the molecule is CSc1nnc(SCC2CCNC2)s1. The predicted octanol–water partition coefficient (Wildman–Crippen LogP) is 1.96. The fourth-order valence-corrected chi connectivity index (χ4v) is 3.99. The summed E-state index contributed by atoms with van der Waals surface area (Å²) >= 11 is 5.21. The topological polar surface area (TPSA) is 37.8 Å². The molecule has 0 bridgehead atoms. The van der Waals surface area contributed by atoms with Crippen LogP contribution in [0.5, 0.6) is 0 Å². The first-order chi connectivity index (χ1) is 6.88. The summed E-state index contributed by atoms with van der Waals surface area (Å²) in [7, 11) is 0. The van der Waals surface area contributed by atoms with Crippen molar-refractivity contribution in [1.82, 2.24) is 15.5 Å². The molecule has 0 saturated carbocycles. The molecule has 0 aromatic carbocycles. The highest BCUT2D eigenvalue weighted by Crippen LogP contribution is 2.29. The molecule has 6 heteroatoms. The Bertz CT molecular complexity index is 283. The second-order valence-electron chi connectivity index (χ2n) is 3.21. The van der Waals surface area contributed by atoms with Crippen molar-refractivity contribution >= 4 is 34.9 Å². The zero-order valence-electron chi connectivity index (χ0n) is 8.02. The molecule has 1 aromatic heterocycles. The molecule has 1 N–H and O–H groups in total. The van der Waals surface area contributed by atoms with Crippen LogP contribution >= 0.6 is 34.9 Å². The molecule has 2 rings (SSSR count). The third kappa shape index (κ3) is 2.85. The first-order valence-corrected chi connectivity index (χ1v) is 7.62. The number of hydrogen-bond acceptors (Lipinski definition) is 6. The lowest BCUT2D eigenvalue weighted by molar-refractivity contribution is 0.662. The summed E-state index contributed by atoms with van der Waals surface area (Å²) in [5.41, 5.74) is 0. The van der Waals surface area contributed by atoms with E-state index in [0.29, 0.717) is 0 Å². The molecule has 78 valence electrons. The lowest BCUT2D eigenvalue weighted by Crippen LogP contribution is -2.10. The molecule has 3 nitrogen and oxygen atoms in total. The lowest BCUT2D eigenvalue weighted by Gasteiger charge is -2.03. The average Bonchev–Trinajstić information content (AvgIpc) is 2.86. The molecular formula is C8H13N3S3. The fraction of sp³-hybridized carbons (Fsp3) is 0.750. The van der Waals surface area contributed by atoms with E-state index < -0.39 is 0 Å².